The summed E-state index contributed by atoms with van der Waals surface area (Å²) in [6.07, 6.45) is 1.76. The summed E-state index contributed by atoms with van der Waals surface area (Å²) in [7, 11) is 0. The summed E-state index contributed by atoms with van der Waals surface area (Å²) >= 11 is 0. The molecule has 1 aromatic carbocycles. The number of amides is 2. The van der Waals surface area contributed by atoms with Crippen molar-refractivity contribution in [3.05, 3.63) is 29.6 Å². The summed E-state index contributed by atoms with van der Waals surface area (Å²) in [6.45, 7) is 1.73. The lowest BCUT2D eigenvalue weighted by molar-refractivity contribution is -0.137. The number of carboxylic acid groups (broad SMARTS) is 1. The fourth-order valence-electron chi connectivity index (χ4n) is 2.17. The lowest BCUT2D eigenvalue weighted by atomic mass is 10.1. The molecule has 1 fully saturated rings. The van der Waals surface area contributed by atoms with E-state index in [1.807, 2.05) is 0 Å². The highest BCUT2D eigenvalue weighted by Crippen LogP contribution is 2.34. The third kappa shape index (κ3) is 4.22. The molecule has 5 nitrogen and oxygen atoms in total. The lowest BCUT2D eigenvalue weighted by Crippen LogP contribution is -2.40. The van der Waals surface area contributed by atoms with Gasteiger partial charge in [-0.2, -0.15) is 0 Å². The molecular weight excluding hydrogens is 263 g/mol. The van der Waals surface area contributed by atoms with Crippen molar-refractivity contribution in [1.82, 2.24) is 5.32 Å². The third-order valence-electron chi connectivity index (χ3n) is 3.20. The van der Waals surface area contributed by atoms with Gasteiger partial charge in [-0.15, -0.1) is 0 Å². The van der Waals surface area contributed by atoms with Crippen molar-refractivity contribution >= 4 is 17.7 Å². The molecule has 1 unspecified atom stereocenters. The Labute approximate surface area is 116 Å². The molecule has 108 valence electrons. The maximum atomic E-state index is 13.2. The van der Waals surface area contributed by atoms with Gasteiger partial charge in [-0.05, 0) is 49.4 Å². The molecular formula is C14H17FN2O3. The molecule has 3 N–H and O–H groups in total. The van der Waals surface area contributed by atoms with Gasteiger partial charge in [-0.3, -0.25) is 4.79 Å². The van der Waals surface area contributed by atoms with Crippen molar-refractivity contribution in [1.29, 1.82) is 0 Å². The van der Waals surface area contributed by atoms with Crippen LogP contribution in [-0.2, 0) is 4.79 Å². The van der Waals surface area contributed by atoms with Gasteiger partial charge in [0.2, 0.25) is 0 Å². The monoisotopic (exact) mass is 280 g/mol. The molecule has 2 amide bonds. The van der Waals surface area contributed by atoms with E-state index in [0.29, 0.717) is 11.3 Å². The molecule has 0 aliphatic heterocycles. The highest BCUT2D eigenvalue weighted by Gasteiger charge is 2.33. The van der Waals surface area contributed by atoms with Crippen molar-refractivity contribution in [2.24, 2.45) is 5.92 Å². The van der Waals surface area contributed by atoms with Crippen molar-refractivity contribution in [2.45, 2.75) is 32.2 Å². The topological polar surface area (TPSA) is 78.4 Å². The zero-order valence-corrected chi connectivity index (χ0v) is 11.1. The summed E-state index contributed by atoms with van der Waals surface area (Å²) in [5, 5.41) is 14.0. The molecule has 1 saturated carbocycles. The minimum absolute atomic E-state index is 0.0970. The molecule has 20 heavy (non-hydrogen) atoms. The number of carboxylic acids is 1. The van der Waals surface area contributed by atoms with Gasteiger partial charge in [0.15, 0.2) is 0 Å². The highest BCUT2D eigenvalue weighted by molar-refractivity contribution is 5.89. The van der Waals surface area contributed by atoms with Gasteiger partial charge in [-0.25, -0.2) is 9.18 Å². The van der Waals surface area contributed by atoms with E-state index in [4.69, 9.17) is 5.11 Å². The van der Waals surface area contributed by atoms with Crippen LogP contribution in [0.1, 0.15) is 24.8 Å². The van der Waals surface area contributed by atoms with Crippen LogP contribution in [0.15, 0.2) is 18.2 Å². The highest BCUT2D eigenvalue weighted by atomic mass is 19.1. The molecule has 0 saturated heterocycles. The van der Waals surface area contributed by atoms with E-state index in [0.717, 1.165) is 12.8 Å². The minimum Gasteiger partial charge on any atom is -0.481 e. The van der Waals surface area contributed by atoms with Crippen molar-refractivity contribution in [2.75, 3.05) is 5.32 Å². The first-order valence-corrected chi connectivity index (χ1v) is 6.50. The number of halogens is 1. The van der Waals surface area contributed by atoms with Crippen LogP contribution in [-0.4, -0.2) is 23.1 Å². The average molecular weight is 280 g/mol. The number of anilines is 1. The summed E-state index contributed by atoms with van der Waals surface area (Å²) in [4.78, 5) is 22.6. The van der Waals surface area contributed by atoms with Crippen molar-refractivity contribution in [3.8, 4) is 0 Å². The molecule has 1 aliphatic rings. The number of benzene rings is 1. The van der Waals surface area contributed by atoms with Crippen LogP contribution in [0.3, 0.4) is 0 Å². The van der Waals surface area contributed by atoms with E-state index < -0.39 is 17.8 Å². The van der Waals surface area contributed by atoms with E-state index in [-0.39, 0.29) is 18.4 Å². The molecule has 6 heteroatoms. The maximum absolute atomic E-state index is 13.2. The first kappa shape index (κ1) is 14.3. The lowest BCUT2D eigenvalue weighted by Gasteiger charge is -2.17. The largest absolute Gasteiger partial charge is 0.481 e. The number of hydrogen-bond acceptors (Lipinski definition) is 2. The number of carbonyl (C=O) groups is 2. The van der Waals surface area contributed by atoms with E-state index in [2.05, 4.69) is 10.6 Å². The minimum atomic E-state index is -0.941. The number of hydrogen-bond donors (Lipinski definition) is 3. The maximum Gasteiger partial charge on any atom is 0.319 e. The van der Waals surface area contributed by atoms with Crippen LogP contribution < -0.4 is 10.6 Å². The van der Waals surface area contributed by atoms with Gasteiger partial charge in [0.1, 0.15) is 5.82 Å². The summed E-state index contributed by atoms with van der Waals surface area (Å²) in [5.74, 6) is -1.14. The van der Waals surface area contributed by atoms with Crippen molar-refractivity contribution < 1.29 is 19.1 Å². The van der Waals surface area contributed by atoms with Gasteiger partial charge < -0.3 is 15.7 Å². The van der Waals surface area contributed by atoms with Crippen LogP contribution >= 0.6 is 0 Å². The number of carbonyl (C=O) groups excluding carboxylic acids is 1. The summed E-state index contributed by atoms with van der Waals surface area (Å²) in [6, 6.07) is 3.35. The van der Waals surface area contributed by atoms with Gasteiger partial charge >= 0.3 is 12.0 Å². The normalized spacial score (nSPS) is 15.5. The zero-order chi connectivity index (χ0) is 14.7. The predicted octanol–water partition coefficient (Wildman–Crippen LogP) is 2.51. The van der Waals surface area contributed by atoms with Crippen LogP contribution in [0.5, 0.6) is 0 Å². The van der Waals surface area contributed by atoms with E-state index in [1.165, 1.54) is 12.1 Å². The van der Waals surface area contributed by atoms with Crippen LogP contribution in [0.2, 0.25) is 0 Å². The number of aryl methyl sites for hydroxylation is 1. The second-order valence-corrected chi connectivity index (χ2v) is 5.16. The Kier molecular flexibility index (Phi) is 4.22. The molecule has 1 atom stereocenters. The Hall–Kier alpha value is -2.11. The molecule has 0 spiro atoms. The first-order valence-electron chi connectivity index (χ1n) is 6.50. The Bertz CT molecular complexity index is 509. The smallest absolute Gasteiger partial charge is 0.319 e. The number of aliphatic carboxylic acids is 1. The standard InChI is InChI=1S/C14H17FN2O3/c1-8-4-10(15)6-11(5-8)16-14(20)17-12(7-13(18)19)9-2-3-9/h4-6,9,12H,2-3,7H2,1H3,(H,18,19)(H2,16,17,20). The molecule has 0 radical (unpaired) electrons. The Morgan fingerprint density at radius 2 is 2.10 bits per heavy atom. The van der Waals surface area contributed by atoms with Gasteiger partial charge in [0.05, 0.1) is 6.42 Å². The fourth-order valence-corrected chi connectivity index (χ4v) is 2.17. The van der Waals surface area contributed by atoms with Gasteiger partial charge in [0, 0.05) is 11.7 Å². The molecule has 2 rings (SSSR count). The average Bonchev–Trinajstić information content (AvgIpc) is 3.08. The van der Waals surface area contributed by atoms with E-state index in [9.17, 15) is 14.0 Å². The molecule has 1 aromatic rings. The van der Waals surface area contributed by atoms with Crippen LogP contribution in [0.4, 0.5) is 14.9 Å². The predicted molar refractivity (Wildman–Crippen MR) is 72.1 cm³/mol. The second-order valence-electron chi connectivity index (χ2n) is 5.16. The number of urea groups is 1. The molecule has 0 bridgehead atoms. The SMILES string of the molecule is Cc1cc(F)cc(NC(=O)NC(CC(=O)O)C2CC2)c1. The first-order chi connectivity index (χ1) is 9.44. The third-order valence-corrected chi connectivity index (χ3v) is 3.20. The fraction of sp³-hybridized carbons (Fsp3) is 0.429. The van der Waals surface area contributed by atoms with Crippen molar-refractivity contribution in [3.63, 3.8) is 0 Å². The molecule has 0 aromatic heterocycles. The number of nitrogens with one attached hydrogen (secondary N) is 2. The second kappa shape index (κ2) is 5.90. The van der Waals surface area contributed by atoms with Gasteiger partial charge in [0.25, 0.3) is 0 Å². The van der Waals surface area contributed by atoms with Crippen LogP contribution in [0, 0.1) is 18.7 Å². The molecule has 0 heterocycles. The summed E-state index contributed by atoms with van der Waals surface area (Å²) in [5.41, 5.74) is 1.05. The Morgan fingerprint density at radius 3 is 2.65 bits per heavy atom. The zero-order valence-electron chi connectivity index (χ0n) is 11.1. The Balaban J connectivity index is 1.95. The van der Waals surface area contributed by atoms with Crippen LogP contribution in [0.25, 0.3) is 0 Å². The quantitative estimate of drug-likeness (QED) is 0.775. The van der Waals surface area contributed by atoms with E-state index in [1.54, 1.807) is 13.0 Å². The summed E-state index contributed by atoms with van der Waals surface area (Å²) < 4.78 is 13.2. The number of rotatable bonds is 5. The van der Waals surface area contributed by atoms with E-state index >= 15 is 0 Å². The Morgan fingerprint density at radius 1 is 1.40 bits per heavy atom. The van der Waals surface area contributed by atoms with Gasteiger partial charge in [-0.1, -0.05) is 0 Å². The molecule has 1 aliphatic carbocycles.